The van der Waals surface area contributed by atoms with Gasteiger partial charge in [-0.1, -0.05) is 0 Å². The van der Waals surface area contributed by atoms with Gasteiger partial charge in [-0.25, -0.2) is 4.98 Å². The number of rotatable bonds is 3. The average Bonchev–Trinajstić information content (AvgIpc) is 2.83. The summed E-state index contributed by atoms with van der Waals surface area (Å²) in [5, 5.41) is 3.31. The van der Waals surface area contributed by atoms with Crippen molar-refractivity contribution in [3.63, 3.8) is 0 Å². The lowest BCUT2D eigenvalue weighted by Gasteiger charge is -2.34. The molecular weight excluding hydrogens is 228 g/mol. The number of amides is 1. The highest BCUT2D eigenvalue weighted by molar-refractivity contribution is 5.90. The Morgan fingerprint density at radius 1 is 1.44 bits per heavy atom. The van der Waals surface area contributed by atoms with Crippen LogP contribution in [0.4, 0.5) is 0 Å². The third-order valence-electron chi connectivity index (χ3n) is 3.99. The average molecular weight is 250 g/mol. The van der Waals surface area contributed by atoms with Gasteiger partial charge in [-0.05, 0) is 32.7 Å². The standard InChI is InChI=1S/C13H22N4O/c1-14-10-4-6-11(7-5-10)17(3)13(18)12-15-8-9-16(12)2/h8-11,14H,4-7H2,1-3H3. The number of carbonyl (C=O) groups is 1. The van der Waals surface area contributed by atoms with E-state index < -0.39 is 0 Å². The van der Waals surface area contributed by atoms with E-state index >= 15 is 0 Å². The van der Waals surface area contributed by atoms with Crippen LogP contribution in [0.3, 0.4) is 0 Å². The Labute approximate surface area is 108 Å². The largest absolute Gasteiger partial charge is 0.336 e. The lowest BCUT2D eigenvalue weighted by Crippen LogP contribution is -2.43. The number of nitrogens with zero attached hydrogens (tertiary/aromatic N) is 3. The predicted octanol–water partition coefficient (Wildman–Crippen LogP) is 1.02. The van der Waals surface area contributed by atoms with Crippen LogP contribution in [0.2, 0.25) is 0 Å². The molecule has 1 heterocycles. The molecule has 0 unspecified atom stereocenters. The molecule has 5 nitrogen and oxygen atoms in total. The van der Waals surface area contributed by atoms with Crippen molar-refractivity contribution in [3.05, 3.63) is 18.2 Å². The molecule has 0 saturated heterocycles. The number of carbonyl (C=O) groups excluding carboxylic acids is 1. The fourth-order valence-corrected chi connectivity index (χ4v) is 2.65. The maximum atomic E-state index is 12.3. The van der Waals surface area contributed by atoms with Gasteiger partial charge in [0.25, 0.3) is 5.91 Å². The van der Waals surface area contributed by atoms with Gasteiger partial charge in [-0.2, -0.15) is 0 Å². The van der Waals surface area contributed by atoms with E-state index in [4.69, 9.17) is 0 Å². The first kappa shape index (κ1) is 13.1. The molecule has 18 heavy (non-hydrogen) atoms. The van der Waals surface area contributed by atoms with Crippen LogP contribution in [0.5, 0.6) is 0 Å². The van der Waals surface area contributed by atoms with Gasteiger partial charge >= 0.3 is 0 Å². The predicted molar refractivity (Wildman–Crippen MR) is 70.4 cm³/mol. The zero-order valence-corrected chi connectivity index (χ0v) is 11.4. The first-order valence-corrected chi connectivity index (χ1v) is 6.55. The first-order valence-electron chi connectivity index (χ1n) is 6.55. The normalized spacial score (nSPS) is 23.9. The van der Waals surface area contributed by atoms with Crippen molar-refractivity contribution in [1.82, 2.24) is 19.8 Å². The third kappa shape index (κ3) is 2.56. The molecule has 1 aliphatic carbocycles. The number of hydrogen-bond acceptors (Lipinski definition) is 3. The van der Waals surface area contributed by atoms with Crippen LogP contribution in [0, 0.1) is 0 Å². The quantitative estimate of drug-likeness (QED) is 0.871. The van der Waals surface area contributed by atoms with E-state index in [2.05, 4.69) is 10.3 Å². The second-order valence-electron chi connectivity index (χ2n) is 5.07. The highest BCUT2D eigenvalue weighted by Gasteiger charge is 2.27. The zero-order valence-electron chi connectivity index (χ0n) is 11.4. The van der Waals surface area contributed by atoms with Crippen molar-refractivity contribution in [2.75, 3.05) is 14.1 Å². The number of imidazole rings is 1. The van der Waals surface area contributed by atoms with Crippen LogP contribution < -0.4 is 5.32 Å². The van der Waals surface area contributed by atoms with Crippen LogP contribution in [-0.4, -0.2) is 46.5 Å². The summed E-state index contributed by atoms with van der Waals surface area (Å²) in [5.41, 5.74) is 0. The summed E-state index contributed by atoms with van der Waals surface area (Å²) in [4.78, 5) is 18.3. The Morgan fingerprint density at radius 2 is 2.11 bits per heavy atom. The minimum absolute atomic E-state index is 0.0235. The van der Waals surface area contributed by atoms with Crippen LogP contribution in [0.25, 0.3) is 0 Å². The SMILES string of the molecule is CNC1CCC(N(C)C(=O)c2nccn2C)CC1. The van der Waals surface area contributed by atoms with Gasteiger partial charge in [0.1, 0.15) is 0 Å². The highest BCUT2D eigenvalue weighted by Crippen LogP contribution is 2.23. The van der Waals surface area contributed by atoms with E-state index in [1.807, 2.05) is 26.0 Å². The summed E-state index contributed by atoms with van der Waals surface area (Å²) in [7, 11) is 5.75. The molecule has 0 atom stereocenters. The van der Waals surface area contributed by atoms with Gasteiger partial charge in [-0.15, -0.1) is 0 Å². The summed E-state index contributed by atoms with van der Waals surface area (Å²) in [5.74, 6) is 0.545. The van der Waals surface area contributed by atoms with Crippen LogP contribution in [0.15, 0.2) is 12.4 Å². The molecule has 2 rings (SSSR count). The summed E-state index contributed by atoms with van der Waals surface area (Å²) in [6.07, 6.45) is 7.88. The Morgan fingerprint density at radius 3 is 2.61 bits per heavy atom. The molecule has 1 aromatic heterocycles. The van der Waals surface area contributed by atoms with Crippen molar-refractivity contribution in [3.8, 4) is 0 Å². The van der Waals surface area contributed by atoms with Gasteiger partial charge in [0, 0.05) is 38.6 Å². The number of hydrogen-bond donors (Lipinski definition) is 1. The van der Waals surface area contributed by atoms with Crippen LogP contribution in [-0.2, 0) is 7.05 Å². The molecule has 0 bridgehead atoms. The summed E-state index contributed by atoms with van der Waals surface area (Å²) < 4.78 is 1.78. The molecule has 0 aliphatic heterocycles. The Hall–Kier alpha value is -1.36. The van der Waals surface area contributed by atoms with Crippen molar-refractivity contribution in [2.45, 2.75) is 37.8 Å². The lowest BCUT2D eigenvalue weighted by molar-refractivity contribution is 0.0670. The van der Waals surface area contributed by atoms with Gasteiger partial charge in [-0.3, -0.25) is 4.79 Å². The molecular formula is C13H22N4O. The lowest BCUT2D eigenvalue weighted by atomic mass is 9.90. The third-order valence-corrected chi connectivity index (χ3v) is 3.99. The monoisotopic (exact) mass is 250 g/mol. The van der Waals surface area contributed by atoms with E-state index in [0.717, 1.165) is 25.7 Å². The molecule has 0 spiro atoms. The van der Waals surface area contributed by atoms with Crippen molar-refractivity contribution >= 4 is 5.91 Å². The second-order valence-corrected chi connectivity index (χ2v) is 5.07. The van der Waals surface area contributed by atoms with Crippen molar-refractivity contribution in [1.29, 1.82) is 0 Å². The molecule has 100 valence electrons. The van der Waals surface area contributed by atoms with Gasteiger partial charge in [0.2, 0.25) is 0 Å². The molecule has 5 heteroatoms. The molecule has 1 aromatic rings. The topological polar surface area (TPSA) is 50.2 Å². The number of aryl methyl sites for hydroxylation is 1. The van der Waals surface area contributed by atoms with Gasteiger partial charge < -0.3 is 14.8 Å². The van der Waals surface area contributed by atoms with Crippen LogP contribution >= 0.6 is 0 Å². The minimum atomic E-state index is 0.0235. The van der Waals surface area contributed by atoms with E-state index in [9.17, 15) is 4.79 Å². The maximum Gasteiger partial charge on any atom is 0.289 e. The van der Waals surface area contributed by atoms with Crippen molar-refractivity contribution in [2.24, 2.45) is 7.05 Å². The van der Waals surface area contributed by atoms with E-state index in [1.165, 1.54) is 0 Å². The fraction of sp³-hybridized carbons (Fsp3) is 0.692. The number of nitrogens with one attached hydrogen (secondary N) is 1. The second kappa shape index (κ2) is 5.52. The molecule has 1 N–H and O–H groups in total. The summed E-state index contributed by atoms with van der Waals surface area (Å²) >= 11 is 0. The molecule has 1 saturated carbocycles. The smallest absolute Gasteiger partial charge is 0.289 e. The molecule has 1 fully saturated rings. The summed E-state index contributed by atoms with van der Waals surface area (Å²) in [6, 6.07) is 0.955. The van der Waals surface area contributed by atoms with Crippen LogP contribution in [0.1, 0.15) is 36.3 Å². The molecule has 1 aliphatic rings. The Balaban J connectivity index is 1.98. The number of aromatic nitrogens is 2. The van der Waals surface area contributed by atoms with E-state index in [1.54, 1.807) is 17.0 Å². The van der Waals surface area contributed by atoms with E-state index in [0.29, 0.717) is 17.9 Å². The molecule has 0 radical (unpaired) electrons. The van der Waals surface area contributed by atoms with Gasteiger partial charge in [0.05, 0.1) is 0 Å². The zero-order chi connectivity index (χ0) is 13.1. The van der Waals surface area contributed by atoms with Crippen molar-refractivity contribution < 1.29 is 4.79 Å². The fourth-order valence-electron chi connectivity index (χ4n) is 2.65. The Bertz CT molecular complexity index is 407. The summed E-state index contributed by atoms with van der Waals surface area (Å²) in [6.45, 7) is 0. The van der Waals surface area contributed by atoms with E-state index in [-0.39, 0.29) is 5.91 Å². The molecule has 0 aromatic carbocycles. The Kier molecular flexibility index (Phi) is 4.01. The highest BCUT2D eigenvalue weighted by atomic mass is 16.2. The first-order chi connectivity index (χ1) is 8.63. The maximum absolute atomic E-state index is 12.3. The minimum Gasteiger partial charge on any atom is -0.336 e. The van der Waals surface area contributed by atoms with Gasteiger partial charge in [0.15, 0.2) is 5.82 Å². The molecule has 1 amide bonds.